The highest BCUT2D eigenvalue weighted by Gasteiger charge is 2.30. The minimum absolute atomic E-state index is 0.0502. The van der Waals surface area contributed by atoms with Gasteiger partial charge in [-0.05, 0) is 50.3 Å². The number of carbonyl (C=O) groups excluding carboxylic acids is 2. The van der Waals surface area contributed by atoms with Crippen LogP contribution in [-0.2, 0) is 9.59 Å². The molecular weight excluding hydrogens is 376 g/mol. The minimum Gasteiger partial charge on any atom is -0.342 e. The van der Waals surface area contributed by atoms with Crippen LogP contribution in [0.2, 0.25) is 5.15 Å². The smallest absolute Gasteiger partial charge is 0.246 e. The van der Waals surface area contributed by atoms with Gasteiger partial charge in [-0.3, -0.25) is 14.0 Å². The molecule has 2 aliphatic heterocycles. The van der Waals surface area contributed by atoms with Crippen molar-refractivity contribution in [3.8, 4) is 0 Å². The van der Waals surface area contributed by atoms with Gasteiger partial charge in [0.15, 0.2) is 5.15 Å². The van der Waals surface area contributed by atoms with Gasteiger partial charge in [-0.15, -0.1) is 0 Å². The third kappa shape index (κ3) is 3.92. The van der Waals surface area contributed by atoms with Gasteiger partial charge in [0.2, 0.25) is 11.8 Å². The topological polar surface area (TPSA) is 57.9 Å². The summed E-state index contributed by atoms with van der Waals surface area (Å²) >= 11 is 6.21. The average Bonchev–Trinajstić information content (AvgIpc) is 3.07. The van der Waals surface area contributed by atoms with Gasteiger partial charge in [-0.25, -0.2) is 4.98 Å². The summed E-state index contributed by atoms with van der Waals surface area (Å²) in [7, 11) is 0. The number of hydrogen-bond donors (Lipinski definition) is 0. The molecule has 7 heteroatoms. The molecule has 2 amide bonds. The molecule has 4 rings (SSSR count). The van der Waals surface area contributed by atoms with Crippen LogP contribution < -0.4 is 0 Å². The molecule has 0 spiro atoms. The summed E-state index contributed by atoms with van der Waals surface area (Å²) in [4.78, 5) is 33.4. The molecule has 0 saturated carbocycles. The number of piperidine rings is 2. The number of pyridine rings is 1. The molecule has 2 aliphatic rings. The van der Waals surface area contributed by atoms with E-state index in [4.69, 9.17) is 11.6 Å². The van der Waals surface area contributed by atoms with Crippen LogP contribution in [0.3, 0.4) is 0 Å². The van der Waals surface area contributed by atoms with E-state index < -0.39 is 0 Å². The van der Waals surface area contributed by atoms with Crippen molar-refractivity contribution in [2.24, 2.45) is 5.92 Å². The van der Waals surface area contributed by atoms with E-state index in [1.54, 1.807) is 12.2 Å². The number of nitrogens with zero attached hydrogens (tertiary/aromatic N) is 4. The van der Waals surface area contributed by atoms with E-state index in [1.165, 1.54) is 6.42 Å². The second-order valence-electron chi connectivity index (χ2n) is 7.54. The predicted molar refractivity (Wildman–Crippen MR) is 109 cm³/mol. The van der Waals surface area contributed by atoms with Crippen molar-refractivity contribution >= 4 is 35.1 Å². The summed E-state index contributed by atoms with van der Waals surface area (Å²) in [5.41, 5.74) is 1.44. The number of hydrogen-bond acceptors (Lipinski definition) is 3. The number of aromatic nitrogens is 2. The van der Waals surface area contributed by atoms with Crippen molar-refractivity contribution in [3.05, 3.63) is 41.3 Å². The van der Waals surface area contributed by atoms with Gasteiger partial charge in [-0.1, -0.05) is 17.7 Å². The Hall–Kier alpha value is -2.34. The lowest BCUT2D eigenvalue weighted by atomic mass is 9.94. The van der Waals surface area contributed by atoms with Crippen LogP contribution in [0.25, 0.3) is 11.7 Å². The molecule has 0 aromatic carbocycles. The first-order valence-corrected chi connectivity index (χ1v) is 10.4. The van der Waals surface area contributed by atoms with Gasteiger partial charge in [0.25, 0.3) is 0 Å². The molecule has 0 aliphatic carbocycles. The molecule has 6 nitrogen and oxygen atoms in total. The first-order chi connectivity index (χ1) is 13.6. The Bertz CT molecular complexity index is 893. The number of carbonyl (C=O) groups is 2. The fraction of sp³-hybridized carbons (Fsp3) is 0.476. The molecule has 148 valence electrons. The van der Waals surface area contributed by atoms with Crippen molar-refractivity contribution in [3.63, 3.8) is 0 Å². The van der Waals surface area contributed by atoms with Gasteiger partial charge >= 0.3 is 0 Å². The third-order valence-corrected chi connectivity index (χ3v) is 6.01. The monoisotopic (exact) mass is 400 g/mol. The first-order valence-electron chi connectivity index (χ1n) is 10.0. The van der Waals surface area contributed by atoms with Crippen molar-refractivity contribution in [2.75, 3.05) is 26.2 Å². The lowest BCUT2D eigenvalue weighted by molar-refractivity contribution is -0.140. The summed E-state index contributed by atoms with van der Waals surface area (Å²) in [6, 6.07) is 5.66. The van der Waals surface area contributed by atoms with Crippen molar-refractivity contribution < 1.29 is 9.59 Å². The van der Waals surface area contributed by atoms with Crippen molar-refractivity contribution in [1.82, 2.24) is 19.2 Å². The van der Waals surface area contributed by atoms with E-state index in [0.717, 1.165) is 44.4 Å². The molecular formula is C21H25ClN4O2. The van der Waals surface area contributed by atoms with Crippen LogP contribution >= 0.6 is 11.6 Å². The third-order valence-electron chi connectivity index (χ3n) is 5.73. The molecule has 2 aromatic heterocycles. The van der Waals surface area contributed by atoms with Crippen LogP contribution in [0.1, 0.15) is 37.8 Å². The van der Waals surface area contributed by atoms with E-state index >= 15 is 0 Å². The SMILES string of the molecule is O=C(/C=C/c1c(Cl)nc2ccccn12)N1CCC(C(=O)N2CCCCC2)CC1. The number of rotatable bonds is 3. The zero-order valence-electron chi connectivity index (χ0n) is 15.9. The number of fused-ring (bicyclic) bond motifs is 1. The van der Waals surface area contributed by atoms with E-state index in [1.807, 2.05) is 38.6 Å². The number of imidazole rings is 1. The summed E-state index contributed by atoms with van der Waals surface area (Å²) in [6.07, 6.45) is 10.1. The highest BCUT2D eigenvalue weighted by atomic mass is 35.5. The van der Waals surface area contributed by atoms with Crippen molar-refractivity contribution in [1.29, 1.82) is 0 Å². The van der Waals surface area contributed by atoms with Gasteiger partial charge < -0.3 is 9.80 Å². The molecule has 0 N–H and O–H groups in total. The summed E-state index contributed by atoms with van der Waals surface area (Å²) < 4.78 is 1.86. The molecule has 0 bridgehead atoms. The summed E-state index contributed by atoms with van der Waals surface area (Å²) in [5, 5.41) is 0.376. The van der Waals surface area contributed by atoms with Crippen LogP contribution in [0.5, 0.6) is 0 Å². The molecule has 0 unspecified atom stereocenters. The Morgan fingerprint density at radius 3 is 2.54 bits per heavy atom. The maximum Gasteiger partial charge on any atom is 0.246 e. The van der Waals surface area contributed by atoms with Gasteiger partial charge in [0.05, 0.1) is 5.69 Å². The number of amides is 2. The van der Waals surface area contributed by atoms with Gasteiger partial charge in [-0.2, -0.15) is 0 Å². The predicted octanol–water partition coefficient (Wildman–Crippen LogP) is 3.25. The quantitative estimate of drug-likeness (QED) is 0.743. The summed E-state index contributed by atoms with van der Waals surface area (Å²) in [5.74, 6) is 0.282. The molecule has 0 radical (unpaired) electrons. The zero-order chi connectivity index (χ0) is 19.5. The average molecular weight is 401 g/mol. The summed E-state index contributed by atoms with van der Waals surface area (Å²) in [6.45, 7) is 3.02. The van der Waals surface area contributed by atoms with Gasteiger partial charge in [0.1, 0.15) is 5.65 Å². The lowest BCUT2D eigenvalue weighted by Crippen LogP contribution is -2.45. The van der Waals surface area contributed by atoms with E-state index in [2.05, 4.69) is 4.98 Å². The van der Waals surface area contributed by atoms with E-state index in [9.17, 15) is 9.59 Å². The highest BCUT2D eigenvalue weighted by molar-refractivity contribution is 6.31. The highest BCUT2D eigenvalue weighted by Crippen LogP contribution is 2.23. The largest absolute Gasteiger partial charge is 0.342 e. The second-order valence-corrected chi connectivity index (χ2v) is 7.89. The minimum atomic E-state index is -0.0502. The van der Waals surface area contributed by atoms with Crippen LogP contribution in [-0.4, -0.2) is 57.2 Å². The fourth-order valence-corrected chi connectivity index (χ4v) is 4.35. The van der Waals surface area contributed by atoms with Crippen LogP contribution in [0, 0.1) is 5.92 Å². The maximum atomic E-state index is 12.7. The van der Waals surface area contributed by atoms with Gasteiger partial charge in [0, 0.05) is 44.4 Å². The Kier molecular flexibility index (Phi) is 5.67. The Labute approximate surface area is 169 Å². The second kappa shape index (κ2) is 8.35. The molecule has 2 aromatic rings. The molecule has 4 heterocycles. The maximum absolute atomic E-state index is 12.7. The Morgan fingerprint density at radius 2 is 1.79 bits per heavy atom. The molecule has 0 atom stereocenters. The van der Waals surface area contributed by atoms with E-state index in [-0.39, 0.29) is 17.7 Å². The Balaban J connectivity index is 1.35. The molecule has 2 fully saturated rings. The van der Waals surface area contributed by atoms with Crippen molar-refractivity contribution in [2.45, 2.75) is 32.1 Å². The fourth-order valence-electron chi connectivity index (χ4n) is 4.11. The normalized spacial score (nSPS) is 18.9. The Morgan fingerprint density at radius 1 is 1.04 bits per heavy atom. The molecule has 2 saturated heterocycles. The van der Waals surface area contributed by atoms with E-state index in [0.29, 0.717) is 23.9 Å². The first kappa shape index (κ1) is 19.0. The van der Waals surface area contributed by atoms with Crippen LogP contribution in [0.15, 0.2) is 30.5 Å². The number of halogens is 1. The molecule has 28 heavy (non-hydrogen) atoms. The van der Waals surface area contributed by atoms with Crippen LogP contribution in [0.4, 0.5) is 0 Å². The number of likely N-dealkylation sites (tertiary alicyclic amines) is 2. The standard InChI is InChI=1S/C21H25ClN4O2/c22-20-17(26-13-5-2-6-18(26)23-20)7-8-19(27)24-14-9-16(10-15-24)21(28)25-11-3-1-4-12-25/h2,5-8,13,16H,1,3-4,9-12,14-15H2/b8-7+. The lowest BCUT2D eigenvalue weighted by Gasteiger charge is -2.35. The zero-order valence-corrected chi connectivity index (χ0v) is 16.6.